The predicted octanol–water partition coefficient (Wildman–Crippen LogP) is 3.16. The molecule has 4 heteroatoms. The third kappa shape index (κ3) is 1.48. The number of rotatable bonds is 1. The molecule has 0 saturated heterocycles. The van der Waals surface area contributed by atoms with Crippen molar-refractivity contribution >= 4 is 27.5 Å². The lowest BCUT2D eigenvalue weighted by atomic mass is 10.1. The zero-order valence-electron chi connectivity index (χ0n) is 10.7. The molecule has 0 fully saturated rings. The van der Waals surface area contributed by atoms with Gasteiger partial charge >= 0.3 is 0 Å². The number of para-hydroxylation sites is 1. The highest BCUT2D eigenvalue weighted by atomic mass is 15.3. The Balaban J connectivity index is 2.10. The molecule has 0 aliphatic carbocycles. The maximum atomic E-state index is 6.02. The Bertz CT molecular complexity index is 924. The fourth-order valence-corrected chi connectivity index (χ4v) is 2.51. The van der Waals surface area contributed by atoms with Crippen LogP contribution in [-0.4, -0.2) is 14.8 Å². The SMILES string of the molecule is Nc1ccc(-n2ncc3ccccc32)c2ncccc12. The van der Waals surface area contributed by atoms with Crippen LogP contribution in [0.4, 0.5) is 5.69 Å². The first-order chi connectivity index (χ1) is 9.84. The van der Waals surface area contributed by atoms with E-state index in [4.69, 9.17) is 5.73 Å². The quantitative estimate of drug-likeness (QED) is 0.535. The number of nitrogen functional groups attached to an aromatic ring is 1. The van der Waals surface area contributed by atoms with Gasteiger partial charge in [0.15, 0.2) is 0 Å². The molecule has 2 aromatic carbocycles. The summed E-state index contributed by atoms with van der Waals surface area (Å²) in [4.78, 5) is 4.46. The Labute approximate surface area is 115 Å². The average Bonchev–Trinajstić information content (AvgIpc) is 2.92. The van der Waals surface area contributed by atoms with E-state index in [2.05, 4.69) is 10.1 Å². The normalized spacial score (nSPS) is 11.2. The molecular formula is C16H12N4. The fraction of sp³-hybridized carbons (Fsp3) is 0. The van der Waals surface area contributed by atoms with Gasteiger partial charge in [-0.25, -0.2) is 4.68 Å². The molecular weight excluding hydrogens is 248 g/mol. The molecule has 0 radical (unpaired) electrons. The summed E-state index contributed by atoms with van der Waals surface area (Å²) in [6.45, 7) is 0. The van der Waals surface area contributed by atoms with Gasteiger partial charge in [-0.3, -0.25) is 4.98 Å². The Hall–Kier alpha value is -2.88. The summed E-state index contributed by atoms with van der Waals surface area (Å²) < 4.78 is 1.91. The van der Waals surface area contributed by atoms with E-state index in [-0.39, 0.29) is 0 Å². The number of nitrogens with zero attached hydrogens (tertiary/aromatic N) is 3. The molecule has 4 nitrogen and oxygen atoms in total. The van der Waals surface area contributed by atoms with E-state index < -0.39 is 0 Å². The highest BCUT2D eigenvalue weighted by molar-refractivity contribution is 5.96. The van der Waals surface area contributed by atoms with Gasteiger partial charge in [0.25, 0.3) is 0 Å². The van der Waals surface area contributed by atoms with Crippen molar-refractivity contribution in [3.8, 4) is 5.69 Å². The average molecular weight is 260 g/mol. The van der Waals surface area contributed by atoms with Crippen LogP contribution in [0.2, 0.25) is 0 Å². The third-order valence-corrected chi connectivity index (χ3v) is 3.49. The van der Waals surface area contributed by atoms with Crippen LogP contribution >= 0.6 is 0 Å². The van der Waals surface area contributed by atoms with Gasteiger partial charge in [0.1, 0.15) is 0 Å². The highest BCUT2D eigenvalue weighted by Gasteiger charge is 2.10. The monoisotopic (exact) mass is 260 g/mol. The lowest BCUT2D eigenvalue weighted by Crippen LogP contribution is -2.00. The number of benzene rings is 2. The Kier molecular flexibility index (Phi) is 2.23. The predicted molar refractivity (Wildman–Crippen MR) is 80.8 cm³/mol. The van der Waals surface area contributed by atoms with Gasteiger partial charge in [0.2, 0.25) is 0 Å². The molecule has 0 bridgehead atoms. The number of nitrogens with two attached hydrogens (primary N) is 1. The lowest BCUT2D eigenvalue weighted by Gasteiger charge is -2.09. The van der Waals surface area contributed by atoms with E-state index in [1.54, 1.807) is 6.20 Å². The standard InChI is InChI=1S/C16H12N4/c17-13-7-8-15(16-12(13)5-3-9-18-16)20-14-6-2-1-4-11(14)10-19-20/h1-10H,17H2. The zero-order chi connectivity index (χ0) is 13.5. The molecule has 0 aliphatic rings. The number of fused-ring (bicyclic) bond motifs is 2. The van der Waals surface area contributed by atoms with Crippen LogP contribution in [0, 0.1) is 0 Å². The van der Waals surface area contributed by atoms with Crippen molar-refractivity contribution in [1.82, 2.24) is 14.8 Å². The zero-order valence-corrected chi connectivity index (χ0v) is 10.7. The number of aromatic nitrogens is 3. The van der Waals surface area contributed by atoms with Gasteiger partial charge in [-0.1, -0.05) is 18.2 Å². The van der Waals surface area contributed by atoms with Gasteiger partial charge in [0, 0.05) is 22.7 Å². The summed E-state index contributed by atoms with van der Waals surface area (Å²) in [6, 6.07) is 15.8. The first kappa shape index (κ1) is 11.0. The molecule has 0 amide bonds. The number of hydrogen-bond acceptors (Lipinski definition) is 3. The van der Waals surface area contributed by atoms with Gasteiger partial charge in [-0.2, -0.15) is 5.10 Å². The van der Waals surface area contributed by atoms with E-state index >= 15 is 0 Å². The first-order valence-electron chi connectivity index (χ1n) is 6.41. The van der Waals surface area contributed by atoms with E-state index in [0.29, 0.717) is 0 Å². The van der Waals surface area contributed by atoms with Gasteiger partial charge in [0.05, 0.1) is 22.9 Å². The maximum Gasteiger partial charge on any atom is 0.0979 e. The maximum absolute atomic E-state index is 6.02. The van der Waals surface area contributed by atoms with Crippen molar-refractivity contribution < 1.29 is 0 Å². The summed E-state index contributed by atoms with van der Waals surface area (Å²) in [5.41, 5.74) is 9.61. The second-order valence-corrected chi connectivity index (χ2v) is 4.69. The fourth-order valence-electron chi connectivity index (χ4n) is 2.51. The van der Waals surface area contributed by atoms with Crippen LogP contribution in [-0.2, 0) is 0 Å². The van der Waals surface area contributed by atoms with Crippen molar-refractivity contribution in [2.45, 2.75) is 0 Å². The molecule has 0 unspecified atom stereocenters. The minimum absolute atomic E-state index is 0.730. The molecule has 96 valence electrons. The van der Waals surface area contributed by atoms with E-state index in [9.17, 15) is 0 Å². The van der Waals surface area contributed by atoms with E-state index in [0.717, 1.165) is 33.2 Å². The minimum Gasteiger partial charge on any atom is -0.398 e. The van der Waals surface area contributed by atoms with Gasteiger partial charge in [-0.15, -0.1) is 0 Å². The molecule has 20 heavy (non-hydrogen) atoms. The van der Waals surface area contributed by atoms with Crippen LogP contribution in [0.25, 0.3) is 27.5 Å². The number of hydrogen-bond donors (Lipinski definition) is 1. The Morgan fingerprint density at radius 1 is 0.950 bits per heavy atom. The molecule has 0 spiro atoms. The summed E-state index contributed by atoms with van der Waals surface area (Å²) in [5, 5.41) is 6.53. The highest BCUT2D eigenvalue weighted by Crippen LogP contribution is 2.27. The summed E-state index contributed by atoms with van der Waals surface area (Å²) in [5.74, 6) is 0. The molecule has 0 aliphatic heterocycles. The molecule has 2 aromatic heterocycles. The molecule has 0 saturated carbocycles. The third-order valence-electron chi connectivity index (χ3n) is 3.49. The summed E-state index contributed by atoms with van der Waals surface area (Å²) in [6.07, 6.45) is 3.64. The largest absolute Gasteiger partial charge is 0.398 e. The van der Waals surface area contributed by atoms with Crippen molar-refractivity contribution in [2.75, 3.05) is 5.73 Å². The molecule has 2 N–H and O–H groups in total. The second kappa shape index (κ2) is 4.06. The summed E-state index contributed by atoms with van der Waals surface area (Å²) in [7, 11) is 0. The van der Waals surface area contributed by atoms with E-state index in [1.165, 1.54) is 0 Å². The smallest absolute Gasteiger partial charge is 0.0979 e. The summed E-state index contributed by atoms with van der Waals surface area (Å²) >= 11 is 0. The van der Waals surface area contributed by atoms with Crippen LogP contribution in [0.5, 0.6) is 0 Å². The molecule has 4 aromatic rings. The Morgan fingerprint density at radius 3 is 2.80 bits per heavy atom. The van der Waals surface area contributed by atoms with Crippen LogP contribution in [0.15, 0.2) is 60.9 Å². The van der Waals surface area contributed by atoms with Crippen molar-refractivity contribution in [3.05, 3.63) is 60.9 Å². The molecule has 2 heterocycles. The molecule has 4 rings (SSSR count). The van der Waals surface area contributed by atoms with Crippen molar-refractivity contribution in [2.24, 2.45) is 0 Å². The first-order valence-corrected chi connectivity index (χ1v) is 6.41. The minimum atomic E-state index is 0.730. The van der Waals surface area contributed by atoms with Crippen molar-refractivity contribution in [3.63, 3.8) is 0 Å². The van der Waals surface area contributed by atoms with Crippen LogP contribution in [0.1, 0.15) is 0 Å². The van der Waals surface area contributed by atoms with Gasteiger partial charge in [-0.05, 0) is 30.3 Å². The lowest BCUT2D eigenvalue weighted by molar-refractivity contribution is 0.915. The number of pyridine rings is 1. The number of anilines is 1. The van der Waals surface area contributed by atoms with Crippen LogP contribution < -0.4 is 5.73 Å². The molecule has 0 atom stereocenters. The topological polar surface area (TPSA) is 56.7 Å². The van der Waals surface area contributed by atoms with Crippen molar-refractivity contribution in [1.29, 1.82) is 0 Å². The van der Waals surface area contributed by atoms with E-state index in [1.807, 2.05) is 59.4 Å². The van der Waals surface area contributed by atoms with Gasteiger partial charge < -0.3 is 5.73 Å². The van der Waals surface area contributed by atoms with Crippen LogP contribution in [0.3, 0.4) is 0 Å². The second-order valence-electron chi connectivity index (χ2n) is 4.69. The Morgan fingerprint density at radius 2 is 1.85 bits per heavy atom.